The van der Waals surface area contributed by atoms with E-state index in [0.717, 1.165) is 29.4 Å². The highest BCUT2D eigenvalue weighted by atomic mass is 16.5. The van der Waals surface area contributed by atoms with Gasteiger partial charge in [0.2, 0.25) is 0 Å². The molecule has 20 heavy (non-hydrogen) atoms. The zero-order chi connectivity index (χ0) is 14.2. The summed E-state index contributed by atoms with van der Waals surface area (Å²) >= 11 is 0. The van der Waals surface area contributed by atoms with Crippen molar-refractivity contribution in [1.82, 2.24) is 10.3 Å². The molecule has 0 atom stereocenters. The number of hydrogen-bond acceptors (Lipinski definition) is 4. The summed E-state index contributed by atoms with van der Waals surface area (Å²) in [5, 5.41) is 3.09. The highest BCUT2D eigenvalue weighted by molar-refractivity contribution is 5.31. The topological polar surface area (TPSA) is 43.4 Å². The van der Waals surface area contributed by atoms with Gasteiger partial charge in [0.25, 0.3) is 0 Å². The minimum Gasteiger partial charge on any atom is -0.494 e. The molecule has 2 rings (SSSR count). The van der Waals surface area contributed by atoms with Gasteiger partial charge < -0.3 is 14.8 Å². The number of hydrogen-bond donors (Lipinski definition) is 1. The molecule has 0 radical (unpaired) electrons. The number of nitrogens with zero attached hydrogens (tertiary/aromatic N) is 1. The van der Waals surface area contributed by atoms with E-state index >= 15 is 0 Å². The van der Waals surface area contributed by atoms with Crippen molar-refractivity contribution in [3.05, 3.63) is 53.9 Å². The fourth-order valence-electron chi connectivity index (χ4n) is 1.85. The maximum atomic E-state index is 5.72. The van der Waals surface area contributed by atoms with E-state index in [1.54, 1.807) is 0 Å². The molecule has 1 aromatic heterocycles. The predicted molar refractivity (Wildman–Crippen MR) is 78.9 cm³/mol. The number of nitrogens with one attached hydrogen (secondary N) is 1. The molecular weight excluding hydrogens is 252 g/mol. The molecule has 4 heteroatoms. The summed E-state index contributed by atoms with van der Waals surface area (Å²) in [5.41, 5.74) is 1.94. The Kier molecular flexibility index (Phi) is 5.38. The number of pyridine rings is 1. The average molecular weight is 272 g/mol. The monoisotopic (exact) mass is 272 g/mol. The van der Waals surface area contributed by atoms with Crippen molar-refractivity contribution in [2.75, 3.05) is 13.7 Å². The molecule has 1 aromatic carbocycles. The Bertz CT molecular complexity index is 526. The lowest BCUT2D eigenvalue weighted by molar-refractivity contribution is 0.299. The molecule has 0 fully saturated rings. The van der Waals surface area contributed by atoms with E-state index in [-0.39, 0.29) is 0 Å². The first-order chi connectivity index (χ1) is 9.81. The van der Waals surface area contributed by atoms with Gasteiger partial charge in [-0.05, 0) is 50.4 Å². The molecule has 0 unspecified atom stereocenters. The molecule has 0 bridgehead atoms. The fourth-order valence-corrected chi connectivity index (χ4v) is 1.85. The summed E-state index contributed by atoms with van der Waals surface area (Å²) < 4.78 is 11.1. The third-order valence-electron chi connectivity index (χ3n) is 2.74. The molecule has 1 N–H and O–H groups in total. The van der Waals surface area contributed by atoms with E-state index in [1.807, 2.05) is 56.4 Å². The van der Waals surface area contributed by atoms with E-state index in [0.29, 0.717) is 13.2 Å². The Hall–Kier alpha value is -2.07. The number of ether oxygens (including phenoxy) is 2. The average Bonchev–Trinajstić information content (AvgIpc) is 2.48. The molecular formula is C16H20N2O2. The zero-order valence-corrected chi connectivity index (χ0v) is 11.9. The van der Waals surface area contributed by atoms with Crippen LogP contribution in [-0.2, 0) is 13.2 Å². The summed E-state index contributed by atoms with van der Waals surface area (Å²) in [6.07, 6.45) is 0. The Morgan fingerprint density at radius 2 is 1.60 bits per heavy atom. The molecule has 0 saturated carbocycles. The smallest absolute Gasteiger partial charge is 0.130 e. The third-order valence-corrected chi connectivity index (χ3v) is 2.74. The van der Waals surface area contributed by atoms with Gasteiger partial charge in [-0.3, -0.25) is 4.98 Å². The van der Waals surface area contributed by atoms with Crippen LogP contribution < -0.4 is 14.8 Å². The van der Waals surface area contributed by atoms with E-state index < -0.39 is 0 Å². The standard InChI is InChI=1S/C16H20N2O2/c1-3-19-15-7-9-16(10-8-15)20-12-14-6-4-5-13(18-14)11-17-2/h4-10,17H,3,11-12H2,1-2H3. The summed E-state index contributed by atoms with van der Waals surface area (Å²) in [6.45, 7) is 3.86. The van der Waals surface area contributed by atoms with E-state index in [4.69, 9.17) is 9.47 Å². The van der Waals surface area contributed by atoms with Crippen LogP contribution in [0.2, 0.25) is 0 Å². The molecule has 4 nitrogen and oxygen atoms in total. The van der Waals surface area contributed by atoms with Gasteiger partial charge in [0, 0.05) is 6.54 Å². The van der Waals surface area contributed by atoms with Crippen LogP contribution in [0.5, 0.6) is 11.5 Å². The first kappa shape index (κ1) is 14.3. The van der Waals surface area contributed by atoms with Crippen LogP contribution in [0.3, 0.4) is 0 Å². The number of aromatic nitrogens is 1. The Morgan fingerprint density at radius 1 is 0.950 bits per heavy atom. The minimum atomic E-state index is 0.464. The third kappa shape index (κ3) is 4.24. The Morgan fingerprint density at radius 3 is 2.25 bits per heavy atom. The van der Waals surface area contributed by atoms with Crippen molar-refractivity contribution in [1.29, 1.82) is 0 Å². The second-order valence-electron chi connectivity index (χ2n) is 4.34. The number of rotatable bonds is 7. The quantitative estimate of drug-likeness (QED) is 0.841. The molecule has 1 heterocycles. The van der Waals surface area contributed by atoms with Gasteiger partial charge in [-0.15, -0.1) is 0 Å². The summed E-state index contributed by atoms with van der Waals surface area (Å²) in [7, 11) is 1.91. The van der Waals surface area contributed by atoms with Crippen LogP contribution in [-0.4, -0.2) is 18.6 Å². The van der Waals surface area contributed by atoms with Crippen LogP contribution in [0, 0.1) is 0 Å². The minimum absolute atomic E-state index is 0.464. The van der Waals surface area contributed by atoms with Gasteiger partial charge in [-0.25, -0.2) is 0 Å². The number of benzene rings is 1. The van der Waals surface area contributed by atoms with Gasteiger partial charge in [0.1, 0.15) is 18.1 Å². The van der Waals surface area contributed by atoms with Crippen molar-refractivity contribution < 1.29 is 9.47 Å². The summed E-state index contributed by atoms with van der Waals surface area (Å²) in [4.78, 5) is 4.51. The summed E-state index contributed by atoms with van der Waals surface area (Å²) in [5.74, 6) is 1.67. The van der Waals surface area contributed by atoms with Crippen LogP contribution in [0.25, 0.3) is 0 Å². The lowest BCUT2D eigenvalue weighted by Gasteiger charge is -2.08. The van der Waals surface area contributed by atoms with Crippen LogP contribution in [0.4, 0.5) is 0 Å². The van der Waals surface area contributed by atoms with Crippen LogP contribution >= 0.6 is 0 Å². The lowest BCUT2D eigenvalue weighted by Crippen LogP contribution is -2.08. The SMILES string of the molecule is CCOc1ccc(OCc2cccc(CNC)n2)cc1. The summed E-state index contributed by atoms with van der Waals surface area (Å²) in [6, 6.07) is 13.6. The van der Waals surface area contributed by atoms with Crippen LogP contribution in [0.1, 0.15) is 18.3 Å². The normalized spacial score (nSPS) is 10.3. The maximum absolute atomic E-state index is 5.72. The molecule has 0 amide bonds. The first-order valence-electron chi connectivity index (χ1n) is 6.77. The Balaban J connectivity index is 1.92. The molecule has 2 aromatic rings. The van der Waals surface area contributed by atoms with Crippen molar-refractivity contribution in [2.24, 2.45) is 0 Å². The van der Waals surface area contributed by atoms with Crippen LogP contribution in [0.15, 0.2) is 42.5 Å². The van der Waals surface area contributed by atoms with Crippen molar-refractivity contribution >= 4 is 0 Å². The van der Waals surface area contributed by atoms with Gasteiger partial charge in [0.15, 0.2) is 0 Å². The molecule has 0 aliphatic rings. The van der Waals surface area contributed by atoms with Gasteiger partial charge in [-0.2, -0.15) is 0 Å². The van der Waals surface area contributed by atoms with Crippen molar-refractivity contribution in [2.45, 2.75) is 20.1 Å². The second kappa shape index (κ2) is 7.50. The van der Waals surface area contributed by atoms with E-state index in [1.165, 1.54) is 0 Å². The second-order valence-corrected chi connectivity index (χ2v) is 4.34. The molecule has 0 aliphatic heterocycles. The highest BCUT2D eigenvalue weighted by Gasteiger charge is 2.00. The first-order valence-corrected chi connectivity index (χ1v) is 6.77. The Labute approximate surface area is 119 Å². The molecule has 106 valence electrons. The zero-order valence-electron chi connectivity index (χ0n) is 11.9. The molecule has 0 saturated heterocycles. The molecule has 0 spiro atoms. The van der Waals surface area contributed by atoms with Gasteiger partial charge in [-0.1, -0.05) is 6.07 Å². The van der Waals surface area contributed by atoms with Gasteiger partial charge in [0.05, 0.1) is 18.0 Å². The van der Waals surface area contributed by atoms with Gasteiger partial charge >= 0.3 is 0 Å². The predicted octanol–water partition coefficient (Wildman–Crippen LogP) is 2.78. The maximum Gasteiger partial charge on any atom is 0.130 e. The largest absolute Gasteiger partial charge is 0.494 e. The van der Waals surface area contributed by atoms with Crippen molar-refractivity contribution in [3.63, 3.8) is 0 Å². The lowest BCUT2D eigenvalue weighted by atomic mass is 10.3. The molecule has 0 aliphatic carbocycles. The van der Waals surface area contributed by atoms with E-state index in [9.17, 15) is 0 Å². The van der Waals surface area contributed by atoms with E-state index in [2.05, 4.69) is 10.3 Å². The fraction of sp³-hybridized carbons (Fsp3) is 0.312. The van der Waals surface area contributed by atoms with Crippen molar-refractivity contribution in [3.8, 4) is 11.5 Å². The highest BCUT2D eigenvalue weighted by Crippen LogP contribution is 2.18.